The first-order valence-corrected chi connectivity index (χ1v) is 9.81. The third-order valence-corrected chi connectivity index (χ3v) is 6.31. The topological polar surface area (TPSA) is 47.0 Å². The molecule has 114 valence electrons. The van der Waals surface area contributed by atoms with Crippen molar-refractivity contribution in [2.75, 3.05) is 5.75 Å². The van der Waals surface area contributed by atoms with Gasteiger partial charge in [-0.15, -0.1) is 11.3 Å². The standard InChI is InChI=1S/C17H17NO2S2/c1-13-17(21-12-18-13)9-10-22(19,20)11-15-7-4-6-14-5-2-3-8-16(14)15/h2-8,12H,9-11H2,1H3. The van der Waals surface area contributed by atoms with E-state index in [9.17, 15) is 8.42 Å². The number of thiazole rings is 1. The highest BCUT2D eigenvalue weighted by Gasteiger charge is 2.15. The molecule has 3 aromatic rings. The van der Waals surface area contributed by atoms with E-state index in [1.807, 2.05) is 49.4 Å². The summed E-state index contributed by atoms with van der Waals surface area (Å²) in [4.78, 5) is 5.22. The maximum absolute atomic E-state index is 12.4. The molecule has 0 aliphatic heterocycles. The van der Waals surface area contributed by atoms with Gasteiger partial charge in [-0.05, 0) is 29.7 Å². The normalized spacial score (nSPS) is 11.9. The van der Waals surface area contributed by atoms with E-state index in [4.69, 9.17) is 0 Å². The molecule has 5 heteroatoms. The maximum Gasteiger partial charge on any atom is 0.154 e. The lowest BCUT2D eigenvalue weighted by Crippen LogP contribution is -2.11. The Balaban J connectivity index is 1.80. The molecule has 2 aromatic carbocycles. The molecule has 22 heavy (non-hydrogen) atoms. The zero-order valence-corrected chi connectivity index (χ0v) is 14.0. The van der Waals surface area contributed by atoms with Crippen LogP contribution in [0.2, 0.25) is 0 Å². The van der Waals surface area contributed by atoms with E-state index in [-0.39, 0.29) is 11.5 Å². The van der Waals surface area contributed by atoms with Crippen molar-refractivity contribution in [3.63, 3.8) is 0 Å². The van der Waals surface area contributed by atoms with Crippen molar-refractivity contribution in [2.24, 2.45) is 0 Å². The Bertz CT molecular complexity index is 892. The van der Waals surface area contributed by atoms with Crippen LogP contribution in [-0.2, 0) is 22.0 Å². The van der Waals surface area contributed by atoms with E-state index in [1.54, 1.807) is 5.51 Å². The summed E-state index contributed by atoms with van der Waals surface area (Å²) < 4.78 is 24.9. The summed E-state index contributed by atoms with van der Waals surface area (Å²) in [5.74, 6) is 0.255. The molecule has 0 aliphatic carbocycles. The third kappa shape index (κ3) is 3.36. The van der Waals surface area contributed by atoms with E-state index in [2.05, 4.69) is 4.98 Å². The van der Waals surface area contributed by atoms with Gasteiger partial charge >= 0.3 is 0 Å². The summed E-state index contributed by atoms with van der Waals surface area (Å²) in [6, 6.07) is 13.7. The average Bonchev–Trinajstić information content (AvgIpc) is 2.91. The zero-order chi connectivity index (χ0) is 15.6. The van der Waals surface area contributed by atoms with Gasteiger partial charge in [-0.1, -0.05) is 42.5 Å². The minimum Gasteiger partial charge on any atom is -0.250 e. The molecule has 1 aromatic heterocycles. The lowest BCUT2D eigenvalue weighted by atomic mass is 10.1. The third-order valence-electron chi connectivity index (χ3n) is 3.74. The van der Waals surface area contributed by atoms with Crippen LogP contribution in [0.3, 0.4) is 0 Å². The summed E-state index contributed by atoms with van der Waals surface area (Å²) in [5, 5.41) is 2.09. The van der Waals surface area contributed by atoms with Crippen LogP contribution in [0.15, 0.2) is 48.0 Å². The largest absolute Gasteiger partial charge is 0.250 e. The Morgan fingerprint density at radius 3 is 2.64 bits per heavy atom. The van der Waals surface area contributed by atoms with Crippen molar-refractivity contribution in [2.45, 2.75) is 19.1 Å². The molecule has 0 radical (unpaired) electrons. The van der Waals surface area contributed by atoms with Gasteiger partial charge in [0.25, 0.3) is 0 Å². The van der Waals surface area contributed by atoms with Crippen LogP contribution in [0.5, 0.6) is 0 Å². The van der Waals surface area contributed by atoms with Gasteiger partial charge < -0.3 is 0 Å². The quantitative estimate of drug-likeness (QED) is 0.715. The molecule has 0 aliphatic rings. The number of rotatable bonds is 5. The molecule has 0 atom stereocenters. The lowest BCUT2D eigenvalue weighted by Gasteiger charge is -2.08. The lowest BCUT2D eigenvalue weighted by molar-refractivity contribution is 0.595. The molecule has 0 bridgehead atoms. The average molecular weight is 331 g/mol. The number of sulfone groups is 1. The number of aryl methyl sites for hydroxylation is 2. The van der Waals surface area contributed by atoms with Crippen molar-refractivity contribution >= 4 is 31.9 Å². The van der Waals surface area contributed by atoms with Crippen LogP contribution in [0.4, 0.5) is 0 Å². The highest BCUT2D eigenvalue weighted by atomic mass is 32.2. The smallest absolute Gasteiger partial charge is 0.154 e. The Hall–Kier alpha value is -1.72. The minimum atomic E-state index is -3.14. The first kappa shape index (κ1) is 15.2. The fraction of sp³-hybridized carbons (Fsp3) is 0.235. The Labute approximate surface area is 134 Å². The summed E-state index contributed by atoms with van der Waals surface area (Å²) in [5.41, 5.74) is 3.58. The van der Waals surface area contributed by atoms with Gasteiger partial charge in [-0.25, -0.2) is 13.4 Å². The van der Waals surface area contributed by atoms with Crippen molar-refractivity contribution in [1.29, 1.82) is 0 Å². The second kappa shape index (κ2) is 6.18. The molecule has 0 saturated carbocycles. The predicted octanol–water partition coefficient (Wildman–Crippen LogP) is 3.76. The van der Waals surface area contributed by atoms with E-state index >= 15 is 0 Å². The van der Waals surface area contributed by atoms with Crippen molar-refractivity contribution in [3.8, 4) is 0 Å². The molecule has 3 rings (SSSR count). The van der Waals surface area contributed by atoms with E-state index < -0.39 is 9.84 Å². The molecule has 1 heterocycles. The Morgan fingerprint density at radius 1 is 1.09 bits per heavy atom. The number of nitrogens with zero attached hydrogens (tertiary/aromatic N) is 1. The predicted molar refractivity (Wildman–Crippen MR) is 92.0 cm³/mol. The second-order valence-electron chi connectivity index (χ2n) is 5.34. The molecular formula is C17H17NO2S2. The molecule has 3 nitrogen and oxygen atoms in total. The van der Waals surface area contributed by atoms with Crippen LogP contribution in [0.25, 0.3) is 10.8 Å². The van der Waals surface area contributed by atoms with Crippen molar-refractivity contribution in [3.05, 3.63) is 64.1 Å². The summed E-state index contributed by atoms with van der Waals surface area (Å²) >= 11 is 1.52. The highest BCUT2D eigenvalue weighted by Crippen LogP contribution is 2.21. The fourth-order valence-electron chi connectivity index (χ4n) is 2.54. The highest BCUT2D eigenvalue weighted by molar-refractivity contribution is 7.90. The number of aromatic nitrogens is 1. The molecule has 0 spiro atoms. The number of benzene rings is 2. The minimum absolute atomic E-state index is 0.0895. The number of hydrogen-bond donors (Lipinski definition) is 0. The van der Waals surface area contributed by atoms with Gasteiger partial charge in [0, 0.05) is 4.88 Å². The van der Waals surface area contributed by atoms with Crippen LogP contribution in [0, 0.1) is 6.92 Å². The molecule has 0 amide bonds. The zero-order valence-electron chi connectivity index (χ0n) is 12.3. The van der Waals surface area contributed by atoms with Gasteiger partial charge in [-0.2, -0.15) is 0 Å². The van der Waals surface area contributed by atoms with Gasteiger partial charge in [0.2, 0.25) is 0 Å². The number of hydrogen-bond acceptors (Lipinski definition) is 4. The Morgan fingerprint density at radius 2 is 1.86 bits per heavy atom. The van der Waals surface area contributed by atoms with E-state index in [1.165, 1.54) is 11.3 Å². The Kier molecular flexibility index (Phi) is 4.27. The monoisotopic (exact) mass is 331 g/mol. The molecule has 0 fully saturated rings. The number of fused-ring (bicyclic) bond motifs is 1. The summed E-state index contributed by atoms with van der Waals surface area (Å²) in [7, 11) is -3.14. The van der Waals surface area contributed by atoms with Crippen LogP contribution in [-0.4, -0.2) is 19.2 Å². The molecule has 0 saturated heterocycles. The molecule has 0 N–H and O–H groups in total. The summed E-state index contributed by atoms with van der Waals surface area (Å²) in [6.45, 7) is 1.92. The van der Waals surface area contributed by atoms with Crippen LogP contribution < -0.4 is 0 Å². The first-order valence-electron chi connectivity index (χ1n) is 7.11. The van der Waals surface area contributed by atoms with E-state index in [0.29, 0.717) is 6.42 Å². The molecule has 0 unspecified atom stereocenters. The van der Waals surface area contributed by atoms with Crippen LogP contribution >= 0.6 is 11.3 Å². The first-order chi connectivity index (χ1) is 10.6. The summed E-state index contributed by atoms with van der Waals surface area (Å²) in [6.07, 6.45) is 0.545. The SMILES string of the molecule is Cc1ncsc1CCS(=O)(=O)Cc1cccc2ccccc12. The molecular weight excluding hydrogens is 314 g/mol. The fourth-order valence-corrected chi connectivity index (χ4v) is 4.84. The van der Waals surface area contributed by atoms with Crippen molar-refractivity contribution in [1.82, 2.24) is 4.98 Å². The van der Waals surface area contributed by atoms with Gasteiger partial charge in [0.1, 0.15) is 0 Å². The van der Waals surface area contributed by atoms with Gasteiger partial charge in [0.15, 0.2) is 9.84 Å². The second-order valence-corrected chi connectivity index (χ2v) is 8.46. The van der Waals surface area contributed by atoms with E-state index in [0.717, 1.165) is 26.9 Å². The van der Waals surface area contributed by atoms with Gasteiger partial charge in [0.05, 0.1) is 22.7 Å². The maximum atomic E-state index is 12.4. The van der Waals surface area contributed by atoms with Crippen molar-refractivity contribution < 1.29 is 8.42 Å². The van der Waals surface area contributed by atoms with Crippen LogP contribution in [0.1, 0.15) is 16.1 Å². The van der Waals surface area contributed by atoms with Gasteiger partial charge in [-0.3, -0.25) is 0 Å².